The fourth-order valence-electron chi connectivity index (χ4n) is 2.36. The molecule has 19 heavy (non-hydrogen) atoms. The molecular weight excluding hydrogens is 248 g/mol. The van der Waals surface area contributed by atoms with Gasteiger partial charge in [-0.3, -0.25) is 4.79 Å². The summed E-state index contributed by atoms with van der Waals surface area (Å²) >= 11 is 0. The maximum Gasteiger partial charge on any atom is 0.331 e. The predicted molar refractivity (Wildman–Crippen MR) is 66.4 cm³/mol. The lowest BCUT2D eigenvalue weighted by molar-refractivity contribution is -0.148. The SMILES string of the molecule is CC1C(C(=O)O)=CC=CC1(Cc1ncc[nH]1)C(=O)O. The molecule has 1 aromatic rings. The Kier molecular flexibility index (Phi) is 3.25. The van der Waals surface area contributed by atoms with Crippen molar-refractivity contribution in [1.82, 2.24) is 9.97 Å². The number of aromatic nitrogens is 2. The van der Waals surface area contributed by atoms with Gasteiger partial charge < -0.3 is 15.2 Å². The van der Waals surface area contributed by atoms with Crippen LogP contribution in [0, 0.1) is 11.3 Å². The van der Waals surface area contributed by atoms with Gasteiger partial charge in [0.05, 0.1) is 5.41 Å². The summed E-state index contributed by atoms with van der Waals surface area (Å²) in [6, 6.07) is 0. The number of aromatic amines is 1. The zero-order valence-electron chi connectivity index (χ0n) is 10.3. The van der Waals surface area contributed by atoms with Crippen LogP contribution in [0.1, 0.15) is 12.7 Å². The number of nitrogens with one attached hydrogen (secondary N) is 1. The topological polar surface area (TPSA) is 103 Å². The van der Waals surface area contributed by atoms with Crippen molar-refractivity contribution in [3.8, 4) is 0 Å². The van der Waals surface area contributed by atoms with E-state index < -0.39 is 23.3 Å². The molecule has 3 N–H and O–H groups in total. The van der Waals surface area contributed by atoms with Crippen molar-refractivity contribution in [2.75, 3.05) is 0 Å². The van der Waals surface area contributed by atoms with E-state index in [0.29, 0.717) is 5.82 Å². The summed E-state index contributed by atoms with van der Waals surface area (Å²) in [6.45, 7) is 1.61. The zero-order chi connectivity index (χ0) is 14.0. The van der Waals surface area contributed by atoms with E-state index in [4.69, 9.17) is 5.11 Å². The molecule has 1 heterocycles. The number of carboxylic acid groups (broad SMARTS) is 2. The third-order valence-electron chi connectivity index (χ3n) is 3.57. The van der Waals surface area contributed by atoms with Crippen LogP contribution in [-0.2, 0) is 16.0 Å². The molecule has 2 atom stereocenters. The van der Waals surface area contributed by atoms with Gasteiger partial charge in [0.1, 0.15) is 5.82 Å². The van der Waals surface area contributed by atoms with Gasteiger partial charge in [-0.2, -0.15) is 0 Å². The summed E-state index contributed by atoms with van der Waals surface area (Å²) in [4.78, 5) is 29.7. The van der Waals surface area contributed by atoms with Crippen LogP contribution in [-0.4, -0.2) is 32.1 Å². The van der Waals surface area contributed by atoms with Gasteiger partial charge in [0, 0.05) is 30.3 Å². The second kappa shape index (κ2) is 4.72. The van der Waals surface area contributed by atoms with E-state index in [1.807, 2.05) is 0 Å². The molecule has 1 aliphatic rings. The minimum atomic E-state index is -1.29. The van der Waals surface area contributed by atoms with E-state index in [1.54, 1.807) is 13.1 Å². The average molecular weight is 262 g/mol. The fraction of sp³-hybridized carbons (Fsp3) is 0.308. The monoisotopic (exact) mass is 262 g/mol. The first-order valence-electron chi connectivity index (χ1n) is 5.82. The third kappa shape index (κ3) is 2.16. The van der Waals surface area contributed by atoms with E-state index in [1.165, 1.54) is 24.4 Å². The second-order valence-electron chi connectivity index (χ2n) is 4.57. The van der Waals surface area contributed by atoms with Crippen LogP contribution < -0.4 is 0 Å². The summed E-state index contributed by atoms with van der Waals surface area (Å²) in [5, 5.41) is 18.7. The van der Waals surface area contributed by atoms with Crippen molar-refractivity contribution < 1.29 is 19.8 Å². The van der Waals surface area contributed by atoms with Gasteiger partial charge in [-0.15, -0.1) is 0 Å². The first-order valence-corrected chi connectivity index (χ1v) is 5.82. The van der Waals surface area contributed by atoms with Crippen LogP contribution in [0.15, 0.2) is 36.2 Å². The normalized spacial score (nSPS) is 25.9. The average Bonchev–Trinajstić information content (AvgIpc) is 2.84. The molecule has 1 aliphatic carbocycles. The Bertz CT molecular complexity index is 559. The lowest BCUT2D eigenvalue weighted by Gasteiger charge is -2.34. The standard InChI is InChI=1S/C13H14N2O4/c1-8-9(11(16)17)3-2-4-13(8,12(18)19)7-10-14-5-6-15-10/h2-6,8H,7H2,1H3,(H,14,15)(H,16,17)(H,18,19). The molecule has 6 heteroatoms. The highest BCUT2D eigenvalue weighted by atomic mass is 16.4. The number of nitrogens with zero attached hydrogens (tertiary/aromatic N) is 1. The van der Waals surface area contributed by atoms with Gasteiger partial charge in [0.2, 0.25) is 0 Å². The molecule has 0 bridgehead atoms. The number of hydrogen-bond donors (Lipinski definition) is 3. The fourth-order valence-corrected chi connectivity index (χ4v) is 2.36. The number of allylic oxidation sites excluding steroid dienone is 2. The van der Waals surface area contributed by atoms with Gasteiger partial charge in [0.15, 0.2) is 0 Å². The van der Waals surface area contributed by atoms with Crippen molar-refractivity contribution >= 4 is 11.9 Å². The van der Waals surface area contributed by atoms with Crippen LogP contribution in [0.25, 0.3) is 0 Å². The largest absolute Gasteiger partial charge is 0.481 e. The predicted octanol–water partition coefficient (Wildman–Crippen LogP) is 1.24. The molecule has 6 nitrogen and oxygen atoms in total. The van der Waals surface area contributed by atoms with Crippen LogP contribution >= 0.6 is 0 Å². The van der Waals surface area contributed by atoms with Gasteiger partial charge in [-0.25, -0.2) is 9.78 Å². The molecule has 2 rings (SSSR count). The zero-order valence-corrected chi connectivity index (χ0v) is 10.3. The summed E-state index contributed by atoms with van der Waals surface area (Å²) < 4.78 is 0. The summed E-state index contributed by atoms with van der Waals surface area (Å²) in [6.07, 6.45) is 7.73. The number of hydrogen-bond acceptors (Lipinski definition) is 3. The molecule has 0 spiro atoms. The van der Waals surface area contributed by atoms with Gasteiger partial charge in [-0.05, 0) is 0 Å². The molecule has 0 aliphatic heterocycles. The highest BCUT2D eigenvalue weighted by Gasteiger charge is 2.46. The molecule has 0 saturated carbocycles. The molecule has 0 saturated heterocycles. The number of rotatable bonds is 4. The molecule has 2 unspecified atom stereocenters. The first-order chi connectivity index (χ1) is 8.97. The number of carbonyl (C=O) groups is 2. The van der Waals surface area contributed by atoms with E-state index in [9.17, 15) is 14.7 Å². The van der Waals surface area contributed by atoms with Crippen molar-refractivity contribution in [3.05, 3.63) is 42.0 Å². The summed E-state index contributed by atoms with van der Waals surface area (Å²) in [5.74, 6) is -2.27. The summed E-state index contributed by atoms with van der Waals surface area (Å²) in [7, 11) is 0. The number of H-pyrrole nitrogens is 1. The second-order valence-corrected chi connectivity index (χ2v) is 4.57. The van der Waals surface area contributed by atoms with Crippen LogP contribution in [0.4, 0.5) is 0 Å². The molecule has 100 valence electrons. The van der Waals surface area contributed by atoms with Crippen molar-refractivity contribution in [3.63, 3.8) is 0 Å². The van der Waals surface area contributed by atoms with E-state index in [-0.39, 0.29) is 12.0 Å². The molecule has 0 radical (unpaired) electrons. The Balaban J connectivity index is 2.41. The van der Waals surface area contributed by atoms with Gasteiger partial charge in [-0.1, -0.05) is 25.2 Å². The Morgan fingerprint density at radius 2 is 2.21 bits per heavy atom. The highest BCUT2D eigenvalue weighted by molar-refractivity contribution is 5.91. The number of imidazole rings is 1. The lowest BCUT2D eigenvalue weighted by atomic mass is 9.68. The molecule has 0 fully saturated rings. The Labute approximate surface area is 109 Å². The molecule has 0 amide bonds. The number of carboxylic acids is 2. The van der Waals surface area contributed by atoms with Crippen LogP contribution in [0.2, 0.25) is 0 Å². The lowest BCUT2D eigenvalue weighted by Crippen LogP contribution is -2.41. The third-order valence-corrected chi connectivity index (χ3v) is 3.57. The van der Waals surface area contributed by atoms with Crippen molar-refractivity contribution in [1.29, 1.82) is 0 Å². The maximum absolute atomic E-state index is 11.7. The Hall–Kier alpha value is -2.37. The maximum atomic E-state index is 11.7. The highest BCUT2D eigenvalue weighted by Crippen LogP contribution is 2.40. The smallest absolute Gasteiger partial charge is 0.331 e. The van der Waals surface area contributed by atoms with Crippen LogP contribution in [0.5, 0.6) is 0 Å². The van der Waals surface area contributed by atoms with Crippen LogP contribution in [0.3, 0.4) is 0 Å². The van der Waals surface area contributed by atoms with Crippen molar-refractivity contribution in [2.24, 2.45) is 11.3 Å². The Morgan fingerprint density at radius 3 is 2.74 bits per heavy atom. The minimum Gasteiger partial charge on any atom is -0.481 e. The summed E-state index contributed by atoms with van der Waals surface area (Å²) in [5.41, 5.74) is -1.20. The molecular formula is C13H14N2O4. The van der Waals surface area contributed by atoms with Gasteiger partial charge >= 0.3 is 11.9 Å². The van der Waals surface area contributed by atoms with E-state index in [2.05, 4.69) is 9.97 Å². The Morgan fingerprint density at radius 1 is 1.47 bits per heavy atom. The van der Waals surface area contributed by atoms with Crippen molar-refractivity contribution in [2.45, 2.75) is 13.3 Å². The quantitative estimate of drug-likeness (QED) is 0.757. The molecule has 1 aromatic heterocycles. The minimum absolute atomic E-state index is 0.0939. The number of aliphatic carboxylic acids is 2. The molecule has 0 aromatic carbocycles. The van der Waals surface area contributed by atoms with E-state index in [0.717, 1.165) is 0 Å². The van der Waals surface area contributed by atoms with E-state index >= 15 is 0 Å². The first kappa shape index (κ1) is 13.1. The van der Waals surface area contributed by atoms with Gasteiger partial charge in [0.25, 0.3) is 0 Å².